The molecule has 0 unspecified atom stereocenters. The predicted octanol–water partition coefficient (Wildman–Crippen LogP) is 1.51. The molecule has 1 amide bonds. The number of rotatable bonds is 7. The molecule has 0 atom stereocenters. The molecule has 0 radical (unpaired) electrons. The van der Waals surface area contributed by atoms with Crippen molar-refractivity contribution in [2.45, 2.75) is 32.7 Å². The van der Waals surface area contributed by atoms with E-state index < -0.39 is 0 Å². The minimum atomic E-state index is 0.00176. The fourth-order valence-electron chi connectivity index (χ4n) is 1.54. The van der Waals surface area contributed by atoms with Gasteiger partial charge in [-0.1, -0.05) is 12.1 Å². The molecule has 0 aromatic heterocycles. The maximum absolute atomic E-state index is 11.4. The van der Waals surface area contributed by atoms with Crippen molar-refractivity contribution >= 4 is 5.91 Å². The standard InChI is InChI=1S/C14H21NO3/c1-11(2)15-14(17)8-10-18-13-5-3-12(4-6-13)7-9-16/h3-6,11,16H,7-10H2,1-2H3,(H,15,17). The second-order valence-corrected chi connectivity index (χ2v) is 4.44. The lowest BCUT2D eigenvalue weighted by molar-refractivity contribution is -0.122. The third kappa shape index (κ3) is 5.68. The Hall–Kier alpha value is -1.55. The molecular weight excluding hydrogens is 230 g/mol. The van der Waals surface area contributed by atoms with E-state index in [1.165, 1.54) is 0 Å². The number of nitrogens with one attached hydrogen (secondary N) is 1. The van der Waals surface area contributed by atoms with Crippen LogP contribution in [0.1, 0.15) is 25.8 Å². The first-order chi connectivity index (χ1) is 8.61. The van der Waals surface area contributed by atoms with E-state index in [0.717, 1.165) is 11.3 Å². The van der Waals surface area contributed by atoms with Crippen molar-refractivity contribution in [3.05, 3.63) is 29.8 Å². The Morgan fingerprint density at radius 3 is 2.56 bits per heavy atom. The molecule has 2 N–H and O–H groups in total. The van der Waals surface area contributed by atoms with E-state index in [4.69, 9.17) is 9.84 Å². The number of carbonyl (C=O) groups excluding carboxylic acids is 1. The quantitative estimate of drug-likeness (QED) is 0.772. The van der Waals surface area contributed by atoms with Gasteiger partial charge >= 0.3 is 0 Å². The van der Waals surface area contributed by atoms with Gasteiger partial charge in [0.1, 0.15) is 5.75 Å². The van der Waals surface area contributed by atoms with Crippen LogP contribution in [0.4, 0.5) is 0 Å². The minimum Gasteiger partial charge on any atom is -0.493 e. The zero-order chi connectivity index (χ0) is 13.4. The van der Waals surface area contributed by atoms with Gasteiger partial charge < -0.3 is 15.2 Å². The molecule has 0 saturated heterocycles. The molecule has 0 bridgehead atoms. The molecule has 100 valence electrons. The molecule has 0 aliphatic carbocycles. The largest absolute Gasteiger partial charge is 0.493 e. The normalized spacial score (nSPS) is 10.4. The van der Waals surface area contributed by atoms with Crippen molar-refractivity contribution in [3.8, 4) is 5.75 Å². The van der Waals surface area contributed by atoms with E-state index in [-0.39, 0.29) is 18.6 Å². The van der Waals surface area contributed by atoms with E-state index in [2.05, 4.69) is 5.32 Å². The monoisotopic (exact) mass is 251 g/mol. The summed E-state index contributed by atoms with van der Waals surface area (Å²) in [6.07, 6.45) is 1.01. The molecule has 0 spiro atoms. The van der Waals surface area contributed by atoms with Crippen molar-refractivity contribution in [1.82, 2.24) is 5.32 Å². The van der Waals surface area contributed by atoms with Crippen LogP contribution in [0.2, 0.25) is 0 Å². The summed E-state index contributed by atoms with van der Waals surface area (Å²) in [5.41, 5.74) is 1.07. The lowest BCUT2D eigenvalue weighted by Gasteiger charge is -2.09. The number of hydrogen-bond acceptors (Lipinski definition) is 3. The van der Waals surface area contributed by atoms with Crippen molar-refractivity contribution < 1.29 is 14.6 Å². The Labute approximate surface area is 108 Å². The maximum atomic E-state index is 11.4. The Morgan fingerprint density at radius 2 is 2.00 bits per heavy atom. The zero-order valence-corrected chi connectivity index (χ0v) is 11.0. The number of aliphatic hydroxyl groups is 1. The van der Waals surface area contributed by atoms with Gasteiger partial charge in [0, 0.05) is 12.6 Å². The Kier molecular flexibility index (Phi) is 6.22. The third-order valence-corrected chi connectivity index (χ3v) is 2.37. The molecule has 18 heavy (non-hydrogen) atoms. The van der Waals surface area contributed by atoms with Gasteiger partial charge in [0.15, 0.2) is 0 Å². The van der Waals surface area contributed by atoms with Crippen LogP contribution in [0.5, 0.6) is 5.75 Å². The highest BCUT2D eigenvalue weighted by molar-refractivity contribution is 5.76. The van der Waals surface area contributed by atoms with Gasteiger partial charge in [-0.15, -0.1) is 0 Å². The van der Waals surface area contributed by atoms with Crippen LogP contribution in [0.25, 0.3) is 0 Å². The van der Waals surface area contributed by atoms with E-state index in [1.54, 1.807) is 0 Å². The smallest absolute Gasteiger partial charge is 0.223 e. The summed E-state index contributed by atoms with van der Waals surface area (Å²) in [4.78, 5) is 11.4. The van der Waals surface area contributed by atoms with Gasteiger partial charge in [0.05, 0.1) is 13.0 Å². The minimum absolute atomic E-state index is 0.00176. The van der Waals surface area contributed by atoms with Crippen molar-refractivity contribution in [3.63, 3.8) is 0 Å². The molecule has 1 aromatic carbocycles. The first-order valence-corrected chi connectivity index (χ1v) is 6.24. The lowest BCUT2D eigenvalue weighted by atomic mass is 10.1. The molecule has 0 aliphatic heterocycles. The highest BCUT2D eigenvalue weighted by atomic mass is 16.5. The number of ether oxygens (including phenoxy) is 1. The van der Waals surface area contributed by atoms with Crippen LogP contribution >= 0.6 is 0 Å². The highest BCUT2D eigenvalue weighted by Gasteiger charge is 2.03. The number of benzene rings is 1. The van der Waals surface area contributed by atoms with Crippen molar-refractivity contribution in [2.24, 2.45) is 0 Å². The number of aliphatic hydroxyl groups excluding tert-OH is 1. The number of amides is 1. The molecule has 1 rings (SSSR count). The summed E-state index contributed by atoms with van der Waals surface area (Å²) in [6.45, 7) is 4.38. The van der Waals surface area contributed by atoms with Crippen molar-refractivity contribution in [2.75, 3.05) is 13.2 Å². The number of hydrogen-bond donors (Lipinski definition) is 2. The molecule has 4 nitrogen and oxygen atoms in total. The Bertz CT molecular complexity index is 360. The summed E-state index contributed by atoms with van der Waals surface area (Å²) >= 11 is 0. The van der Waals surface area contributed by atoms with E-state index in [0.29, 0.717) is 19.4 Å². The van der Waals surface area contributed by atoms with Gasteiger partial charge in [-0.25, -0.2) is 0 Å². The fourth-order valence-corrected chi connectivity index (χ4v) is 1.54. The molecular formula is C14H21NO3. The second kappa shape index (κ2) is 7.71. The summed E-state index contributed by atoms with van der Waals surface area (Å²) in [5, 5.41) is 11.6. The summed E-state index contributed by atoms with van der Waals surface area (Å²) in [6, 6.07) is 7.70. The Morgan fingerprint density at radius 1 is 1.33 bits per heavy atom. The highest BCUT2D eigenvalue weighted by Crippen LogP contribution is 2.12. The lowest BCUT2D eigenvalue weighted by Crippen LogP contribution is -2.31. The zero-order valence-electron chi connectivity index (χ0n) is 11.0. The van der Waals surface area contributed by atoms with Gasteiger partial charge in [0.25, 0.3) is 0 Å². The van der Waals surface area contributed by atoms with Crippen LogP contribution < -0.4 is 10.1 Å². The predicted molar refractivity (Wildman–Crippen MR) is 70.6 cm³/mol. The van der Waals surface area contributed by atoms with Crippen molar-refractivity contribution in [1.29, 1.82) is 0 Å². The first kappa shape index (κ1) is 14.5. The molecule has 0 saturated carbocycles. The molecule has 0 fully saturated rings. The van der Waals surface area contributed by atoms with Crippen LogP contribution in [0.3, 0.4) is 0 Å². The van der Waals surface area contributed by atoms with Crippen LogP contribution in [0.15, 0.2) is 24.3 Å². The van der Waals surface area contributed by atoms with E-state index in [1.807, 2.05) is 38.1 Å². The first-order valence-electron chi connectivity index (χ1n) is 6.24. The third-order valence-electron chi connectivity index (χ3n) is 2.37. The SMILES string of the molecule is CC(C)NC(=O)CCOc1ccc(CCO)cc1. The topological polar surface area (TPSA) is 58.6 Å². The van der Waals surface area contributed by atoms with Gasteiger partial charge in [-0.3, -0.25) is 4.79 Å². The molecule has 4 heteroatoms. The maximum Gasteiger partial charge on any atom is 0.223 e. The summed E-state index contributed by atoms with van der Waals surface area (Å²) < 4.78 is 5.47. The fraction of sp³-hybridized carbons (Fsp3) is 0.500. The van der Waals surface area contributed by atoms with E-state index in [9.17, 15) is 4.79 Å². The Balaban J connectivity index is 2.28. The van der Waals surface area contributed by atoms with Crippen LogP contribution in [-0.2, 0) is 11.2 Å². The summed E-state index contributed by atoms with van der Waals surface area (Å²) in [7, 11) is 0. The average molecular weight is 251 g/mol. The van der Waals surface area contributed by atoms with Gasteiger partial charge in [-0.05, 0) is 38.0 Å². The number of carbonyl (C=O) groups is 1. The molecule has 0 heterocycles. The average Bonchev–Trinajstić information content (AvgIpc) is 2.31. The van der Waals surface area contributed by atoms with Gasteiger partial charge in [0.2, 0.25) is 5.91 Å². The second-order valence-electron chi connectivity index (χ2n) is 4.44. The molecule has 0 aliphatic rings. The van der Waals surface area contributed by atoms with Crippen LogP contribution in [0, 0.1) is 0 Å². The van der Waals surface area contributed by atoms with E-state index >= 15 is 0 Å². The van der Waals surface area contributed by atoms with Gasteiger partial charge in [-0.2, -0.15) is 0 Å². The summed E-state index contributed by atoms with van der Waals surface area (Å²) in [5.74, 6) is 0.746. The van der Waals surface area contributed by atoms with Crippen LogP contribution in [-0.4, -0.2) is 30.3 Å². The molecule has 1 aromatic rings.